The molecule has 1 aliphatic heterocycles. The molecule has 3 amide bonds. The quantitative estimate of drug-likeness (QED) is 0.477. The van der Waals surface area contributed by atoms with Crippen LogP contribution in [-0.2, 0) is 6.54 Å². The predicted molar refractivity (Wildman–Crippen MR) is 147 cm³/mol. The number of nitrogens with zero attached hydrogens (tertiary/aromatic N) is 4. The van der Waals surface area contributed by atoms with Gasteiger partial charge in [0.25, 0.3) is 5.91 Å². The van der Waals surface area contributed by atoms with E-state index in [4.69, 9.17) is 4.74 Å². The normalized spacial score (nSPS) is 15.2. The second-order valence-electron chi connectivity index (χ2n) is 9.57. The number of carbonyl (C=O) groups is 2. The van der Waals surface area contributed by atoms with Gasteiger partial charge in [-0.15, -0.1) is 0 Å². The number of hydrogen-bond donors (Lipinski definition) is 3. The number of hydrogen-bond acceptors (Lipinski definition) is 7. The first-order valence-electron chi connectivity index (χ1n) is 12.8. The lowest BCUT2D eigenvalue weighted by atomic mass is 10.1. The Hall–Kier alpha value is -4.02. The molecule has 4 rings (SSSR count). The molecular formula is C28H35N7O3. The van der Waals surface area contributed by atoms with Crippen LogP contribution in [0.3, 0.4) is 0 Å². The Morgan fingerprint density at radius 3 is 2.58 bits per heavy atom. The summed E-state index contributed by atoms with van der Waals surface area (Å²) in [6.45, 7) is 7.57. The zero-order valence-corrected chi connectivity index (χ0v) is 22.1. The van der Waals surface area contributed by atoms with Crippen molar-refractivity contribution in [2.45, 2.75) is 26.4 Å². The lowest BCUT2D eigenvalue weighted by Gasteiger charge is -2.26. The van der Waals surface area contributed by atoms with Crippen molar-refractivity contribution >= 4 is 17.6 Å². The molecule has 200 valence electrons. The number of anilines is 1. The number of rotatable bonds is 5. The summed E-state index contributed by atoms with van der Waals surface area (Å²) < 4.78 is 6.10. The summed E-state index contributed by atoms with van der Waals surface area (Å²) in [4.78, 5) is 37.4. The van der Waals surface area contributed by atoms with Crippen molar-refractivity contribution in [3.05, 3.63) is 72.3 Å². The van der Waals surface area contributed by atoms with Gasteiger partial charge in [-0.05, 0) is 43.2 Å². The zero-order chi connectivity index (χ0) is 26.9. The highest BCUT2D eigenvalue weighted by atomic mass is 16.5. The number of fused-ring (bicyclic) bond motifs is 1. The number of nitrogens with one attached hydrogen (secondary N) is 3. The van der Waals surface area contributed by atoms with Crippen molar-refractivity contribution in [1.82, 2.24) is 30.4 Å². The van der Waals surface area contributed by atoms with Crippen LogP contribution in [0.1, 0.15) is 29.8 Å². The van der Waals surface area contributed by atoms with Gasteiger partial charge in [0.2, 0.25) is 0 Å². The van der Waals surface area contributed by atoms with E-state index >= 15 is 0 Å². The van der Waals surface area contributed by atoms with Crippen molar-refractivity contribution in [3.8, 4) is 16.9 Å². The van der Waals surface area contributed by atoms with Gasteiger partial charge in [0.05, 0.1) is 12.2 Å². The molecule has 3 N–H and O–H groups in total. The van der Waals surface area contributed by atoms with E-state index in [1.165, 1.54) is 11.9 Å². The van der Waals surface area contributed by atoms with Gasteiger partial charge >= 0.3 is 6.03 Å². The molecule has 3 aromatic rings. The molecule has 0 spiro atoms. The minimum absolute atomic E-state index is 0.000745. The highest BCUT2D eigenvalue weighted by Crippen LogP contribution is 2.25. The molecule has 0 unspecified atom stereocenters. The topological polar surface area (TPSA) is 112 Å². The molecule has 2 aromatic carbocycles. The van der Waals surface area contributed by atoms with E-state index in [0.29, 0.717) is 36.8 Å². The van der Waals surface area contributed by atoms with Crippen LogP contribution in [-0.4, -0.2) is 77.7 Å². The first-order chi connectivity index (χ1) is 18.4. The van der Waals surface area contributed by atoms with Crippen molar-refractivity contribution in [1.29, 1.82) is 0 Å². The average Bonchev–Trinajstić information content (AvgIpc) is 2.91. The van der Waals surface area contributed by atoms with E-state index < -0.39 is 0 Å². The van der Waals surface area contributed by atoms with Gasteiger partial charge < -0.3 is 20.3 Å². The highest BCUT2D eigenvalue weighted by molar-refractivity contribution is 5.99. The van der Waals surface area contributed by atoms with E-state index in [-0.39, 0.29) is 18.0 Å². The lowest BCUT2D eigenvalue weighted by Crippen LogP contribution is -2.41. The van der Waals surface area contributed by atoms with E-state index in [2.05, 4.69) is 55.1 Å². The number of aromatic nitrogens is 2. The van der Waals surface area contributed by atoms with Crippen LogP contribution in [0.25, 0.3) is 11.1 Å². The van der Waals surface area contributed by atoms with Crippen LogP contribution in [0.15, 0.2) is 61.2 Å². The van der Waals surface area contributed by atoms with E-state index in [9.17, 15) is 9.59 Å². The van der Waals surface area contributed by atoms with Gasteiger partial charge in [0, 0.05) is 62.9 Å². The zero-order valence-electron chi connectivity index (χ0n) is 22.1. The van der Waals surface area contributed by atoms with Crippen LogP contribution in [0.4, 0.5) is 10.5 Å². The molecule has 0 atom stereocenters. The van der Waals surface area contributed by atoms with Crippen LogP contribution in [0.5, 0.6) is 5.75 Å². The Kier molecular flexibility index (Phi) is 9.23. The third-order valence-corrected chi connectivity index (χ3v) is 6.11. The molecule has 10 nitrogen and oxygen atoms in total. The minimum Gasteiger partial charge on any atom is -0.491 e. The van der Waals surface area contributed by atoms with Gasteiger partial charge in [-0.3, -0.25) is 15.0 Å². The molecule has 0 fully saturated rings. The Morgan fingerprint density at radius 1 is 1.08 bits per heavy atom. The Labute approximate surface area is 223 Å². The lowest BCUT2D eigenvalue weighted by molar-refractivity contribution is 0.0773. The summed E-state index contributed by atoms with van der Waals surface area (Å²) in [7, 11) is 1.74. The molecule has 2 heterocycles. The smallest absolute Gasteiger partial charge is 0.319 e. The maximum absolute atomic E-state index is 13.2. The summed E-state index contributed by atoms with van der Waals surface area (Å²) >= 11 is 0. The van der Waals surface area contributed by atoms with Crippen molar-refractivity contribution in [3.63, 3.8) is 0 Å². The second kappa shape index (κ2) is 13.0. The molecule has 0 saturated heterocycles. The average molecular weight is 518 g/mol. The fourth-order valence-corrected chi connectivity index (χ4v) is 4.16. The molecular weight excluding hydrogens is 482 g/mol. The maximum Gasteiger partial charge on any atom is 0.319 e. The summed E-state index contributed by atoms with van der Waals surface area (Å²) in [5.74, 6) is 0.313. The molecule has 0 radical (unpaired) electrons. The Morgan fingerprint density at radius 2 is 1.84 bits per heavy atom. The van der Waals surface area contributed by atoms with E-state index in [1.807, 2.05) is 13.8 Å². The number of benzene rings is 2. The maximum atomic E-state index is 13.2. The van der Waals surface area contributed by atoms with E-state index in [1.54, 1.807) is 42.5 Å². The Bertz CT molecular complexity index is 1220. The van der Waals surface area contributed by atoms with Gasteiger partial charge in [0.1, 0.15) is 18.7 Å². The molecule has 38 heavy (non-hydrogen) atoms. The molecule has 0 aliphatic carbocycles. The van der Waals surface area contributed by atoms with Crippen LogP contribution >= 0.6 is 0 Å². The molecule has 10 heteroatoms. The van der Waals surface area contributed by atoms with Gasteiger partial charge in [0.15, 0.2) is 0 Å². The molecule has 1 aromatic heterocycles. The van der Waals surface area contributed by atoms with Gasteiger partial charge in [-0.25, -0.2) is 14.8 Å². The highest BCUT2D eigenvalue weighted by Gasteiger charge is 2.20. The number of amides is 3. The molecule has 0 bridgehead atoms. The summed E-state index contributed by atoms with van der Waals surface area (Å²) in [6.07, 6.45) is 5.14. The van der Waals surface area contributed by atoms with Crippen LogP contribution in [0.2, 0.25) is 0 Å². The van der Waals surface area contributed by atoms with Gasteiger partial charge in [-0.2, -0.15) is 0 Å². The monoisotopic (exact) mass is 517 g/mol. The third-order valence-electron chi connectivity index (χ3n) is 6.11. The molecule has 1 aliphatic rings. The van der Waals surface area contributed by atoms with Crippen molar-refractivity contribution < 1.29 is 14.3 Å². The number of urea groups is 1. The van der Waals surface area contributed by atoms with Crippen LogP contribution < -0.4 is 20.7 Å². The minimum atomic E-state index is -0.322. The van der Waals surface area contributed by atoms with Gasteiger partial charge in [-0.1, -0.05) is 24.3 Å². The first kappa shape index (κ1) is 27.0. The van der Waals surface area contributed by atoms with Crippen molar-refractivity contribution in [2.75, 3.05) is 45.3 Å². The number of ether oxygens (including phenoxy) is 1. The SMILES string of the molecule is CC(C)NC(=O)Nc1ccc2c(c1)C(=O)N(C)CNCCN(Cc1ccc(-c3cncnc3)cc1)CCO2. The Balaban J connectivity index is 1.44. The first-order valence-corrected chi connectivity index (χ1v) is 12.8. The summed E-state index contributed by atoms with van der Waals surface area (Å²) in [5.41, 5.74) is 4.19. The fraction of sp³-hybridized carbons (Fsp3) is 0.357. The second-order valence-corrected chi connectivity index (χ2v) is 9.57. The predicted octanol–water partition coefficient (Wildman–Crippen LogP) is 3.19. The summed E-state index contributed by atoms with van der Waals surface area (Å²) in [5, 5.41) is 8.93. The number of carbonyl (C=O) groups excluding carboxylic acids is 2. The van der Waals surface area contributed by atoms with E-state index in [0.717, 1.165) is 30.8 Å². The fourth-order valence-electron chi connectivity index (χ4n) is 4.16. The standard InChI is InChI=1S/C28H35N7O3/c1-20(2)32-28(37)33-24-8-9-26-25(14-24)27(36)34(3)19-29-10-11-35(12-13-38-26)17-21-4-6-22(7-5-21)23-15-30-18-31-16-23/h4-9,14-16,18,20,29H,10-13,17,19H2,1-3H3,(H2,32,33,37). The molecule has 0 saturated carbocycles. The summed E-state index contributed by atoms with van der Waals surface area (Å²) in [6, 6.07) is 13.2. The third kappa shape index (κ3) is 7.50. The largest absolute Gasteiger partial charge is 0.491 e. The van der Waals surface area contributed by atoms with Crippen molar-refractivity contribution in [2.24, 2.45) is 0 Å². The van der Waals surface area contributed by atoms with Crippen LogP contribution in [0, 0.1) is 0 Å².